The van der Waals surface area contributed by atoms with Gasteiger partial charge in [0, 0.05) is 18.7 Å². The molecule has 1 aromatic carbocycles. The molecule has 1 aliphatic heterocycles. The summed E-state index contributed by atoms with van der Waals surface area (Å²) in [5.41, 5.74) is 3.43. The van der Waals surface area contributed by atoms with Gasteiger partial charge in [0.2, 0.25) is 0 Å². The Hall–Kier alpha value is -1.84. The molecule has 1 saturated heterocycles. The second-order valence-corrected chi connectivity index (χ2v) is 5.95. The number of benzene rings is 1. The number of methoxy groups -OCH3 is 1. The summed E-state index contributed by atoms with van der Waals surface area (Å²) in [6.07, 6.45) is 5.04. The van der Waals surface area contributed by atoms with Gasteiger partial charge in [-0.15, -0.1) is 0 Å². The minimum Gasteiger partial charge on any atom is -0.469 e. The molecular formula is C17H21NO3. The third-order valence-corrected chi connectivity index (χ3v) is 4.59. The second-order valence-electron chi connectivity index (χ2n) is 5.95. The first kappa shape index (κ1) is 14.1. The third kappa shape index (κ3) is 2.80. The lowest BCUT2D eigenvalue weighted by Gasteiger charge is -2.31. The molecular weight excluding hydrogens is 266 g/mol. The molecule has 112 valence electrons. The van der Waals surface area contributed by atoms with Crippen LogP contribution in [-0.4, -0.2) is 37.0 Å². The van der Waals surface area contributed by atoms with E-state index in [9.17, 15) is 9.59 Å². The molecule has 4 nitrogen and oxygen atoms in total. The lowest BCUT2D eigenvalue weighted by molar-refractivity contribution is -0.146. The van der Waals surface area contributed by atoms with Crippen LogP contribution in [0.25, 0.3) is 0 Å². The zero-order chi connectivity index (χ0) is 14.8. The van der Waals surface area contributed by atoms with Gasteiger partial charge in [0.1, 0.15) is 0 Å². The van der Waals surface area contributed by atoms with Crippen LogP contribution in [0, 0.1) is 5.92 Å². The number of aryl methyl sites for hydroxylation is 2. The Morgan fingerprint density at radius 3 is 2.81 bits per heavy atom. The van der Waals surface area contributed by atoms with Gasteiger partial charge in [-0.2, -0.15) is 0 Å². The van der Waals surface area contributed by atoms with Gasteiger partial charge in [-0.3, -0.25) is 9.59 Å². The molecule has 1 heterocycles. The molecule has 0 bridgehead atoms. The highest BCUT2D eigenvalue weighted by molar-refractivity contribution is 5.95. The predicted molar refractivity (Wildman–Crippen MR) is 79.1 cm³/mol. The quantitative estimate of drug-likeness (QED) is 0.783. The van der Waals surface area contributed by atoms with E-state index in [1.807, 2.05) is 12.1 Å². The smallest absolute Gasteiger partial charge is 0.310 e. The summed E-state index contributed by atoms with van der Waals surface area (Å²) in [5.74, 6) is -0.345. The van der Waals surface area contributed by atoms with Crippen molar-refractivity contribution in [3.05, 3.63) is 34.9 Å². The summed E-state index contributed by atoms with van der Waals surface area (Å²) < 4.78 is 4.81. The molecule has 0 radical (unpaired) electrons. The molecule has 0 N–H and O–H groups in total. The van der Waals surface area contributed by atoms with Gasteiger partial charge in [-0.25, -0.2) is 0 Å². The SMILES string of the molecule is COC(=O)C1CCCN(C(=O)c2ccc3c(c2)CCC3)C1. The van der Waals surface area contributed by atoms with Gasteiger partial charge >= 0.3 is 5.97 Å². The molecule has 4 heteroatoms. The number of fused-ring (bicyclic) bond motifs is 1. The molecule has 2 aliphatic rings. The Balaban J connectivity index is 1.74. The van der Waals surface area contributed by atoms with Crippen molar-refractivity contribution in [2.45, 2.75) is 32.1 Å². The Morgan fingerprint density at radius 1 is 1.19 bits per heavy atom. The van der Waals surface area contributed by atoms with Crippen molar-refractivity contribution in [3.63, 3.8) is 0 Å². The van der Waals surface area contributed by atoms with E-state index in [2.05, 4.69) is 6.07 Å². The van der Waals surface area contributed by atoms with Crippen molar-refractivity contribution in [1.82, 2.24) is 4.90 Å². The molecule has 1 fully saturated rings. The van der Waals surface area contributed by atoms with Crippen molar-refractivity contribution in [2.24, 2.45) is 5.92 Å². The number of carbonyl (C=O) groups excluding carboxylic acids is 2. The van der Waals surface area contributed by atoms with Crippen LogP contribution in [-0.2, 0) is 22.4 Å². The molecule has 0 spiro atoms. The Labute approximate surface area is 125 Å². The van der Waals surface area contributed by atoms with Crippen LogP contribution in [0.1, 0.15) is 40.7 Å². The highest BCUT2D eigenvalue weighted by Crippen LogP contribution is 2.25. The van der Waals surface area contributed by atoms with Crippen LogP contribution in [0.5, 0.6) is 0 Å². The number of rotatable bonds is 2. The minimum atomic E-state index is -0.207. The number of carbonyl (C=O) groups is 2. The highest BCUT2D eigenvalue weighted by atomic mass is 16.5. The predicted octanol–water partition coefficient (Wildman–Crippen LogP) is 2.20. The largest absolute Gasteiger partial charge is 0.469 e. The standard InChI is InChI=1S/C17H21NO3/c1-21-17(20)15-6-3-9-18(11-15)16(19)14-8-7-12-4-2-5-13(12)10-14/h7-8,10,15H,2-6,9,11H2,1H3. The number of hydrogen-bond acceptors (Lipinski definition) is 3. The first-order chi connectivity index (χ1) is 10.2. The summed E-state index contributed by atoms with van der Waals surface area (Å²) in [5, 5.41) is 0. The van der Waals surface area contributed by atoms with Gasteiger partial charge in [0.15, 0.2) is 0 Å². The van der Waals surface area contributed by atoms with E-state index >= 15 is 0 Å². The first-order valence-corrected chi connectivity index (χ1v) is 7.68. The lowest BCUT2D eigenvalue weighted by atomic mass is 9.97. The van der Waals surface area contributed by atoms with Crippen molar-refractivity contribution in [3.8, 4) is 0 Å². The molecule has 1 aliphatic carbocycles. The number of likely N-dealkylation sites (tertiary alicyclic amines) is 1. The number of nitrogens with zero attached hydrogens (tertiary/aromatic N) is 1. The van der Waals surface area contributed by atoms with E-state index < -0.39 is 0 Å². The maximum atomic E-state index is 12.6. The summed E-state index contributed by atoms with van der Waals surface area (Å²) in [7, 11) is 1.41. The molecule has 0 saturated carbocycles. The zero-order valence-electron chi connectivity index (χ0n) is 12.4. The Morgan fingerprint density at radius 2 is 2.00 bits per heavy atom. The fraction of sp³-hybridized carbons (Fsp3) is 0.529. The van der Waals surface area contributed by atoms with Gasteiger partial charge in [-0.1, -0.05) is 6.07 Å². The maximum Gasteiger partial charge on any atom is 0.310 e. The van der Waals surface area contributed by atoms with Gasteiger partial charge in [0.05, 0.1) is 13.0 Å². The van der Waals surface area contributed by atoms with Crippen LogP contribution >= 0.6 is 0 Å². The summed E-state index contributed by atoms with van der Waals surface area (Å²) >= 11 is 0. The average molecular weight is 287 g/mol. The van der Waals surface area contributed by atoms with Crippen LogP contribution in [0.3, 0.4) is 0 Å². The van der Waals surface area contributed by atoms with Crippen LogP contribution in [0.2, 0.25) is 0 Å². The van der Waals surface area contributed by atoms with Crippen LogP contribution in [0.4, 0.5) is 0 Å². The van der Waals surface area contributed by atoms with E-state index in [0.717, 1.165) is 37.8 Å². The van der Waals surface area contributed by atoms with Crippen molar-refractivity contribution in [1.29, 1.82) is 0 Å². The van der Waals surface area contributed by atoms with Crippen LogP contribution in [0.15, 0.2) is 18.2 Å². The molecule has 0 aromatic heterocycles. The fourth-order valence-corrected chi connectivity index (χ4v) is 3.41. The second kappa shape index (κ2) is 5.88. The van der Waals surface area contributed by atoms with Crippen molar-refractivity contribution < 1.29 is 14.3 Å². The molecule has 3 rings (SSSR count). The number of ether oxygens (including phenoxy) is 1. The first-order valence-electron chi connectivity index (χ1n) is 7.68. The van der Waals surface area contributed by atoms with Crippen molar-refractivity contribution >= 4 is 11.9 Å². The number of amides is 1. The monoisotopic (exact) mass is 287 g/mol. The number of esters is 1. The average Bonchev–Trinajstić information content (AvgIpc) is 3.01. The van der Waals surface area contributed by atoms with E-state index in [4.69, 9.17) is 4.74 Å². The Kier molecular flexibility index (Phi) is 3.95. The van der Waals surface area contributed by atoms with E-state index in [1.54, 1.807) is 4.90 Å². The van der Waals surface area contributed by atoms with Gasteiger partial charge in [-0.05, 0) is 55.4 Å². The molecule has 1 aromatic rings. The Bertz CT molecular complexity index is 567. The number of piperidine rings is 1. The third-order valence-electron chi connectivity index (χ3n) is 4.59. The maximum absolute atomic E-state index is 12.6. The number of hydrogen-bond donors (Lipinski definition) is 0. The normalized spacial score (nSPS) is 21.0. The molecule has 21 heavy (non-hydrogen) atoms. The minimum absolute atomic E-state index is 0.0401. The topological polar surface area (TPSA) is 46.6 Å². The molecule has 1 amide bonds. The van der Waals surface area contributed by atoms with E-state index in [-0.39, 0.29) is 17.8 Å². The summed E-state index contributed by atoms with van der Waals surface area (Å²) in [6.45, 7) is 1.20. The molecule has 1 atom stereocenters. The van der Waals surface area contributed by atoms with Gasteiger partial charge < -0.3 is 9.64 Å². The van der Waals surface area contributed by atoms with E-state index in [1.165, 1.54) is 24.7 Å². The highest BCUT2D eigenvalue weighted by Gasteiger charge is 2.29. The van der Waals surface area contributed by atoms with Gasteiger partial charge in [0.25, 0.3) is 5.91 Å². The van der Waals surface area contributed by atoms with Crippen LogP contribution < -0.4 is 0 Å². The molecule has 1 unspecified atom stereocenters. The van der Waals surface area contributed by atoms with Crippen molar-refractivity contribution in [2.75, 3.05) is 20.2 Å². The lowest BCUT2D eigenvalue weighted by Crippen LogP contribution is -2.42. The zero-order valence-corrected chi connectivity index (χ0v) is 12.4. The summed E-state index contributed by atoms with van der Waals surface area (Å²) in [6, 6.07) is 6.04. The fourth-order valence-electron chi connectivity index (χ4n) is 3.41. The summed E-state index contributed by atoms with van der Waals surface area (Å²) in [4.78, 5) is 26.1. The van der Waals surface area contributed by atoms with E-state index in [0.29, 0.717) is 6.54 Å².